The van der Waals surface area contributed by atoms with Gasteiger partial charge in [0.25, 0.3) is 5.78 Å². The van der Waals surface area contributed by atoms with Gasteiger partial charge in [0.1, 0.15) is 0 Å². The Bertz CT molecular complexity index is 987. The standard InChI is InChI=1S/C18H16N4O3S/c1-25-16(24)10-26-18-20-17-19-14-7-12(11-5-3-2-4-6-11)8-15(23)13(14)9-22(17)21-18/h2-6,9,12H,7-8,10H2,1H3/t12-/m1/s1. The molecule has 132 valence electrons. The van der Waals surface area contributed by atoms with Crippen molar-refractivity contribution in [3.8, 4) is 0 Å². The van der Waals surface area contributed by atoms with Crippen LogP contribution < -0.4 is 0 Å². The van der Waals surface area contributed by atoms with Gasteiger partial charge in [0.15, 0.2) is 5.78 Å². The number of Topliss-reactive ketones (excluding diaryl/α,β-unsaturated/α-hetero) is 1. The van der Waals surface area contributed by atoms with Crippen LogP contribution in [-0.4, -0.2) is 44.2 Å². The Morgan fingerprint density at radius 3 is 2.85 bits per heavy atom. The molecule has 1 aliphatic rings. The third kappa shape index (κ3) is 3.20. The van der Waals surface area contributed by atoms with E-state index in [1.807, 2.05) is 30.3 Å². The highest BCUT2D eigenvalue weighted by Gasteiger charge is 2.28. The minimum absolute atomic E-state index is 0.0637. The van der Waals surface area contributed by atoms with Crippen LogP contribution in [0.2, 0.25) is 0 Å². The van der Waals surface area contributed by atoms with Crippen LogP contribution in [-0.2, 0) is 16.0 Å². The number of ether oxygens (including phenoxy) is 1. The normalized spacial score (nSPS) is 16.5. The highest BCUT2D eigenvalue weighted by atomic mass is 32.2. The Kier molecular flexibility index (Phi) is 4.42. The average molecular weight is 368 g/mol. The summed E-state index contributed by atoms with van der Waals surface area (Å²) in [7, 11) is 1.34. The molecular weight excluding hydrogens is 352 g/mol. The maximum absolute atomic E-state index is 12.6. The first-order valence-electron chi connectivity index (χ1n) is 8.18. The van der Waals surface area contributed by atoms with Gasteiger partial charge in [-0.2, -0.15) is 4.98 Å². The summed E-state index contributed by atoms with van der Waals surface area (Å²) in [5.74, 6) is 0.401. The fourth-order valence-electron chi connectivity index (χ4n) is 3.07. The lowest BCUT2D eigenvalue weighted by Crippen LogP contribution is -2.21. The Morgan fingerprint density at radius 1 is 1.27 bits per heavy atom. The Morgan fingerprint density at radius 2 is 2.08 bits per heavy atom. The monoisotopic (exact) mass is 368 g/mol. The molecule has 2 aromatic heterocycles. The molecule has 7 nitrogen and oxygen atoms in total. The zero-order chi connectivity index (χ0) is 18.1. The number of thioether (sulfide) groups is 1. The van der Waals surface area contributed by atoms with Crippen LogP contribution in [0.4, 0.5) is 0 Å². The highest BCUT2D eigenvalue weighted by Crippen LogP contribution is 2.32. The van der Waals surface area contributed by atoms with Crippen molar-refractivity contribution >= 4 is 29.3 Å². The summed E-state index contributed by atoms with van der Waals surface area (Å²) in [4.78, 5) is 32.7. The molecule has 0 radical (unpaired) electrons. The number of esters is 1. The number of fused-ring (bicyclic) bond motifs is 2. The van der Waals surface area contributed by atoms with Crippen LogP contribution in [0.3, 0.4) is 0 Å². The number of nitrogens with zero attached hydrogens (tertiary/aromatic N) is 4. The van der Waals surface area contributed by atoms with Gasteiger partial charge in [-0.25, -0.2) is 9.50 Å². The molecule has 8 heteroatoms. The number of carbonyl (C=O) groups is 2. The Balaban J connectivity index is 1.63. The van der Waals surface area contributed by atoms with E-state index in [0.717, 1.165) is 11.3 Å². The highest BCUT2D eigenvalue weighted by molar-refractivity contribution is 7.99. The lowest BCUT2D eigenvalue weighted by atomic mass is 9.82. The van der Waals surface area contributed by atoms with Crippen LogP contribution >= 0.6 is 11.8 Å². The van der Waals surface area contributed by atoms with Gasteiger partial charge < -0.3 is 4.74 Å². The van der Waals surface area contributed by atoms with Gasteiger partial charge in [-0.1, -0.05) is 42.1 Å². The number of hydrogen-bond donors (Lipinski definition) is 0. The number of ketones is 1. The van der Waals surface area contributed by atoms with Crippen LogP contribution in [0.25, 0.3) is 5.78 Å². The topological polar surface area (TPSA) is 86.4 Å². The van der Waals surface area contributed by atoms with E-state index in [1.165, 1.54) is 23.4 Å². The Hall–Kier alpha value is -2.74. The van der Waals surface area contributed by atoms with E-state index in [1.54, 1.807) is 6.20 Å². The minimum atomic E-state index is -0.345. The van der Waals surface area contributed by atoms with E-state index in [4.69, 9.17) is 0 Å². The summed E-state index contributed by atoms with van der Waals surface area (Å²) >= 11 is 1.18. The van der Waals surface area contributed by atoms with Crippen molar-refractivity contribution in [2.45, 2.75) is 23.9 Å². The fourth-order valence-corrected chi connectivity index (χ4v) is 3.73. The quantitative estimate of drug-likeness (QED) is 0.516. The molecule has 26 heavy (non-hydrogen) atoms. The maximum atomic E-state index is 12.6. The molecule has 0 saturated carbocycles. The number of benzene rings is 1. The zero-order valence-electron chi connectivity index (χ0n) is 14.1. The summed E-state index contributed by atoms with van der Waals surface area (Å²) in [5, 5.41) is 4.71. The number of aromatic nitrogens is 4. The van der Waals surface area contributed by atoms with Gasteiger partial charge in [-0.05, 0) is 17.9 Å². The first-order valence-corrected chi connectivity index (χ1v) is 9.16. The van der Waals surface area contributed by atoms with Crippen LogP contribution in [0.5, 0.6) is 0 Å². The maximum Gasteiger partial charge on any atom is 0.316 e. The van der Waals surface area contributed by atoms with Gasteiger partial charge >= 0.3 is 5.97 Å². The largest absolute Gasteiger partial charge is 0.468 e. The predicted octanol–water partition coefficient (Wildman–Crippen LogP) is 2.30. The molecule has 0 unspecified atom stereocenters. The van der Waals surface area contributed by atoms with E-state index >= 15 is 0 Å². The molecule has 0 N–H and O–H groups in total. The summed E-state index contributed by atoms with van der Waals surface area (Å²) in [6.45, 7) is 0. The van der Waals surface area contributed by atoms with Crippen LogP contribution in [0.1, 0.15) is 34.0 Å². The number of carbonyl (C=O) groups excluding carboxylic acids is 2. The van der Waals surface area contributed by atoms with Gasteiger partial charge in [0, 0.05) is 12.6 Å². The average Bonchev–Trinajstić information content (AvgIpc) is 3.07. The number of methoxy groups -OCH3 is 1. The first-order chi connectivity index (χ1) is 12.6. The van der Waals surface area contributed by atoms with Crippen molar-refractivity contribution < 1.29 is 14.3 Å². The Labute approximate surface area is 153 Å². The second-order valence-corrected chi connectivity index (χ2v) is 6.99. The number of rotatable bonds is 4. The van der Waals surface area contributed by atoms with Crippen LogP contribution in [0, 0.1) is 0 Å². The molecule has 0 saturated heterocycles. The van der Waals surface area contributed by atoms with Crippen molar-refractivity contribution in [2.75, 3.05) is 12.9 Å². The number of hydrogen-bond acceptors (Lipinski definition) is 7. The minimum Gasteiger partial charge on any atom is -0.468 e. The summed E-state index contributed by atoms with van der Waals surface area (Å²) < 4.78 is 6.11. The zero-order valence-corrected chi connectivity index (χ0v) is 14.9. The second kappa shape index (κ2) is 6.87. The smallest absolute Gasteiger partial charge is 0.316 e. The summed E-state index contributed by atoms with van der Waals surface area (Å²) in [5.41, 5.74) is 2.49. The molecular formula is C18H16N4O3S. The van der Waals surface area contributed by atoms with Gasteiger partial charge in [0.05, 0.1) is 24.1 Å². The molecule has 0 aliphatic heterocycles. The summed E-state index contributed by atoms with van der Waals surface area (Å²) in [6.07, 6.45) is 2.85. The first kappa shape index (κ1) is 16.7. The summed E-state index contributed by atoms with van der Waals surface area (Å²) in [6, 6.07) is 10.0. The fraction of sp³-hybridized carbons (Fsp3) is 0.278. The molecule has 0 spiro atoms. The molecule has 2 heterocycles. The van der Waals surface area contributed by atoms with Crippen molar-refractivity contribution in [3.05, 3.63) is 53.3 Å². The van der Waals surface area contributed by atoms with E-state index in [9.17, 15) is 9.59 Å². The lowest BCUT2D eigenvalue weighted by Gasteiger charge is -2.22. The van der Waals surface area contributed by atoms with E-state index < -0.39 is 0 Å². The van der Waals surface area contributed by atoms with Gasteiger partial charge in [-0.15, -0.1) is 5.10 Å². The predicted molar refractivity (Wildman–Crippen MR) is 95.4 cm³/mol. The molecule has 0 amide bonds. The molecule has 3 aromatic rings. The van der Waals surface area contributed by atoms with Gasteiger partial charge in [-0.3, -0.25) is 9.59 Å². The van der Waals surface area contributed by atoms with Crippen molar-refractivity contribution in [2.24, 2.45) is 0 Å². The third-order valence-electron chi connectivity index (χ3n) is 4.38. The van der Waals surface area contributed by atoms with E-state index in [0.29, 0.717) is 29.3 Å². The van der Waals surface area contributed by atoms with Gasteiger partial charge in [0.2, 0.25) is 5.16 Å². The SMILES string of the molecule is COC(=O)CSc1nc2nc3c(cn2n1)C(=O)C[C@H](c1ccccc1)C3. The molecule has 1 aliphatic carbocycles. The van der Waals surface area contributed by atoms with Crippen LogP contribution in [0.15, 0.2) is 41.7 Å². The second-order valence-electron chi connectivity index (χ2n) is 6.04. The van der Waals surface area contributed by atoms with Crippen molar-refractivity contribution in [1.29, 1.82) is 0 Å². The molecule has 0 fully saturated rings. The van der Waals surface area contributed by atoms with Crippen molar-refractivity contribution in [3.63, 3.8) is 0 Å². The molecule has 1 aromatic carbocycles. The molecule has 4 rings (SSSR count). The lowest BCUT2D eigenvalue weighted by molar-refractivity contribution is -0.137. The molecule has 0 bridgehead atoms. The van der Waals surface area contributed by atoms with E-state index in [2.05, 4.69) is 19.8 Å². The third-order valence-corrected chi connectivity index (χ3v) is 5.19. The van der Waals surface area contributed by atoms with Crippen molar-refractivity contribution in [1.82, 2.24) is 19.6 Å². The molecule has 1 atom stereocenters. The van der Waals surface area contributed by atoms with E-state index in [-0.39, 0.29) is 23.4 Å².